The first kappa shape index (κ1) is 15.7. The predicted molar refractivity (Wildman–Crippen MR) is 89.8 cm³/mol. The molecule has 0 bridgehead atoms. The van der Waals surface area contributed by atoms with Crippen molar-refractivity contribution in [3.8, 4) is 23.0 Å². The molecule has 0 saturated carbocycles. The lowest BCUT2D eigenvalue weighted by atomic mass is 10.2. The Morgan fingerprint density at radius 3 is 2.46 bits per heavy atom. The first-order valence-corrected chi connectivity index (χ1v) is 7.30. The maximum atomic E-state index is 12.1. The fourth-order valence-corrected chi connectivity index (χ4v) is 2.26. The lowest BCUT2D eigenvalue weighted by Gasteiger charge is -2.06. The maximum absolute atomic E-state index is 12.1. The molecule has 1 aliphatic heterocycles. The van der Waals surface area contributed by atoms with E-state index in [-0.39, 0.29) is 12.7 Å². The van der Waals surface area contributed by atoms with Crippen molar-refractivity contribution in [3.05, 3.63) is 48.0 Å². The van der Waals surface area contributed by atoms with Gasteiger partial charge < -0.3 is 24.3 Å². The molecule has 6 heteroatoms. The van der Waals surface area contributed by atoms with E-state index < -0.39 is 0 Å². The maximum Gasteiger partial charge on any atom is 0.248 e. The smallest absolute Gasteiger partial charge is 0.248 e. The predicted octanol–water partition coefficient (Wildman–Crippen LogP) is 3.08. The van der Waals surface area contributed by atoms with E-state index in [4.69, 9.17) is 18.9 Å². The summed E-state index contributed by atoms with van der Waals surface area (Å²) in [6.45, 7) is 0.199. The van der Waals surface area contributed by atoms with Gasteiger partial charge in [-0.05, 0) is 35.9 Å². The average Bonchev–Trinajstić information content (AvgIpc) is 3.07. The molecule has 0 spiro atoms. The third-order valence-electron chi connectivity index (χ3n) is 3.44. The van der Waals surface area contributed by atoms with E-state index in [0.717, 1.165) is 5.56 Å². The van der Waals surface area contributed by atoms with Crippen LogP contribution in [-0.2, 0) is 4.79 Å². The van der Waals surface area contributed by atoms with Crippen LogP contribution in [0.5, 0.6) is 23.0 Å². The number of hydrogen-bond acceptors (Lipinski definition) is 5. The van der Waals surface area contributed by atoms with Crippen LogP contribution in [-0.4, -0.2) is 26.9 Å². The van der Waals surface area contributed by atoms with Gasteiger partial charge in [0.25, 0.3) is 0 Å². The SMILES string of the molecule is COc1cc(/C=C/C(=O)Nc2ccc3c(c2)OCO3)cc(OC)c1. The minimum atomic E-state index is -0.254. The van der Waals surface area contributed by atoms with Crippen LogP contribution in [0.4, 0.5) is 5.69 Å². The van der Waals surface area contributed by atoms with E-state index in [1.54, 1.807) is 44.6 Å². The van der Waals surface area contributed by atoms with Gasteiger partial charge in [-0.1, -0.05) is 0 Å². The molecule has 1 aliphatic rings. The molecule has 0 aliphatic carbocycles. The summed E-state index contributed by atoms with van der Waals surface area (Å²) in [5.74, 6) is 2.35. The molecule has 2 aromatic carbocycles. The topological polar surface area (TPSA) is 66.0 Å². The Kier molecular flexibility index (Phi) is 4.56. The van der Waals surface area contributed by atoms with Crippen molar-refractivity contribution in [2.45, 2.75) is 0 Å². The van der Waals surface area contributed by atoms with Crippen molar-refractivity contribution in [1.29, 1.82) is 0 Å². The van der Waals surface area contributed by atoms with Crippen LogP contribution >= 0.6 is 0 Å². The Bertz CT molecular complexity index is 763. The lowest BCUT2D eigenvalue weighted by Crippen LogP contribution is -2.07. The highest BCUT2D eigenvalue weighted by Crippen LogP contribution is 2.34. The summed E-state index contributed by atoms with van der Waals surface area (Å²) in [6.07, 6.45) is 3.13. The van der Waals surface area contributed by atoms with Gasteiger partial charge in [0.05, 0.1) is 14.2 Å². The fourth-order valence-electron chi connectivity index (χ4n) is 2.26. The molecular formula is C18H17NO5. The Labute approximate surface area is 139 Å². The number of carbonyl (C=O) groups is 1. The number of amides is 1. The van der Waals surface area contributed by atoms with Crippen LogP contribution in [0.1, 0.15) is 5.56 Å². The van der Waals surface area contributed by atoms with Crippen molar-refractivity contribution >= 4 is 17.7 Å². The zero-order valence-electron chi connectivity index (χ0n) is 13.4. The van der Waals surface area contributed by atoms with Gasteiger partial charge in [-0.25, -0.2) is 0 Å². The molecule has 0 unspecified atom stereocenters. The molecule has 24 heavy (non-hydrogen) atoms. The monoisotopic (exact) mass is 327 g/mol. The van der Waals surface area contributed by atoms with Gasteiger partial charge in [0.1, 0.15) is 11.5 Å². The van der Waals surface area contributed by atoms with E-state index in [9.17, 15) is 4.79 Å². The zero-order valence-corrected chi connectivity index (χ0v) is 13.4. The number of fused-ring (bicyclic) bond motifs is 1. The number of methoxy groups -OCH3 is 2. The molecule has 1 heterocycles. The summed E-state index contributed by atoms with van der Waals surface area (Å²) in [4.78, 5) is 12.1. The van der Waals surface area contributed by atoms with E-state index in [0.29, 0.717) is 28.7 Å². The number of rotatable bonds is 5. The van der Waals surface area contributed by atoms with E-state index in [2.05, 4.69) is 5.32 Å². The minimum Gasteiger partial charge on any atom is -0.497 e. The van der Waals surface area contributed by atoms with Crippen LogP contribution < -0.4 is 24.3 Å². The second kappa shape index (κ2) is 6.95. The van der Waals surface area contributed by atoms with Crippen LogP contribution in [0.15, 0.2) is 42.5 Å². The van der Waals surface area contributed by atoms with Gasteiger partial charge in [-0.3, -0.25) is 4.79 Å². The van der Waals surface area contributed by atoms with E-state index >= 15 is 0 Å². The van der Waals surface area contributed by atoms with Gasteiger partial charge >= 0.3 is 0 Å². The normalized spacial score (nSPS) is 12.2. The second-order valence-corrected chi connectivity index (χ2v) is 5.04. The highest BCUT2D eigenvalue weighted by atomic mass is 16.7. The van der Waals surface area contributed by atoms with Crippen molar-refractivity contribution < 1.29 is 23.7 Å². The summed E-state index contributed by atoms with van der Waals surface area (Å²) in [5.41, 5.74) is 1.43. The Hall–Kier alpha value is -3.15. The summed E-state index contributed by atoms with van der Waals surface area (Å²) < 4.78 is 20.9. The molecule has 124 valence electrons. The first-order chi connectivity index (χ1) is 11.7. The number of nitrogens with one attached hydrogen (secondary N) is 1. The number of hydrogen-bond donors (Lipinski definition) is 1. The summed E-state index contributed by atoms with van der Waals surface area (Å²) in [6, 6.07) is 10.6. The number of ether oxygens (including phenoxy) is 4. The Morgan fingerprint density at radius 2 is 1.75 bits per heavy atom. The molecule has 0 aromatic heterocycles. The molecule has 1 N–H and O–H groups in total. The first-order valence-electron chi connectivity index (χ1n) is 7.30. The number of anilines is 1. The number of benzene rings is 2. The van der Waals surface area contributed by atoms with Gasteiger partial charge in [0, 0.05) is 23.9 Å². The molecule has 6 nitrogen and oxygen atoms in total. The Morgan fingerprint density at radius 1 is 1.04 bits per heavy atom. The minimum absolute atomic E-state index is 0.199. The van der Waals surface area contributed by atoms with Crippen LogP contribution in [0, 0.1) is 0 Å². The number of carbonyl (C=O) groups excluding carboxylic acids is 1. The quantitative estimate of drug-likeness (QED) is 0.855. The third kappa shape index (κ3) is 3.60. The summed E-state index contributed by atoms with van der Waals surface area (Å²) >= 11 is 0. The van der Waals surface area contributed by atoms with Crippen molar-refractivity contribution in [2.75, 3.05) is 26.3 Å². The second-order valence-electron chi connectivity index (χ2n) is 5.04. The molecule has 0 fully saturated rings. The third-order valence-corrected chi connectivity index (χ3v) is 3.44. The van der Waals surface area contributed by atoms with Crippen LogP contribution in [0.3, 0.4) is 0 Å². The molecule has 0 saturated heterocycles. The fraction of sp³-hybridized carbons (Fsp3) is 0.167. The largest absolute Gasteiger partial charge is 0.497 e. The zero-order chi connectivity index (χ0) is 16.9. The standard InChI is InChI=1S/C18H17NO5/c1-21-14-7-12(8-15(10-14)22-2)3-6-18(20)19-13-4-5-16-17(9-13)24-11-23-16/h3-10H,11H2,1-2H3,(H,19,20)/b6-3+. The van der Waals surface area contributed by atoms with Crippen molar-refractivity contribution in [2.24, 2.45) is 0 Å². The Balaban J connectivity index is 1.69. The van der Waals surface area contributed by atoms with Gasteiger partial charge in [0.15, 0.2) is 11.5 Å². The average molecular weight is 327 g/mol. The highest BCUT2D eigenvalue weighted by molar-refractivity contribution is 6.02. The molecular weight excluding hydrogens is 310 g/mol. The van der Waals surface area contributed by atoms with Crippen LogP contribution in [0.2, 0.25) is 0 Å². The van der Waals surface area contributed by atoms with E-state index in [1.807, 2.05) is 12.1 Å². The molecule has 0 atom stereocenters. The lowest BCUT2D eigenvalue weighted by molar-refractivity contribution is -0.111. The molecule has 2 aromatic rings. The van der Waals surface area contributed by atoms with Gasteiger partial charge in [-0.15, -0.1) is 0 Å². The van der Waals surface area contributed by atoms with Gasteiger partial charge in [-0.2, -0.15) is 0 Å². The molecule has 0 radical (unpaired) electrons. The van der Waals surface area contributed by atoms with Crippen LogP contribution in [0.25, 0.3) is 6.08 Å². The van der Waals surface area contributed by atoms with Gasteiger partial charge in [0.2, 0.25) is 12.7 Å². The molecule has 1 amide bonds. The van der Waals surface area contributed by atoms with Crippen molar-refractivity contribution in [1.82, 2.24) is 0 Å². The summed E-state index contributed by atoms with van der Waals surface area (Å²) in [7, 11) is 3.16. The van der Waals surface area contributed by atoms with E-state index in [1.165, 1.54) is 6.08 Å². The molecule has 3 rings (SSSR count). The summed E-state index contributed by atoms with van der Waals surface area (Å²) in [5, 5.41) is 2.78. The van der Waals surface area contributed by atoms with Crippen molar-refractivity contribution in [3.63, 3.8) is 0 Å². The highest BCUT2D eigenvalue weighted by Gasteiger charge is 2.13.